The van der Waals surface area contributed by atoms with Crippen LogP contribution in [0.3, 0.4) is 0 Å². The summed E-state index contributed by atoms with van der Waals surface area (Å²) in [6.45, 7) is 14.7. The Bertz CT molecular complexity index is 1120. The van der Waals surface area contributed by atoms with Gasteiger partial charge in [0.15, 0.2) is 5.78 Å². The summed E-state index contributed by atoms with van der Waals surface area (Å²) < 4.78 is 18.1. The Hall–Kier alpha value is -2.79. The lowest BCUT2D eigenvalue weighted by molar-refractivity contribution is 0.102. The lowest BCUT2D eigenvalue weighted by Gasteiger charge is -2.31. The zero-order valence-electron chi connectivity index (χ0n) is 19.8. The van der Waals surface area contributed by atoms with Gasteiger partial charge in [0, 0.05) is 29.0 Å². The average Bonchev–Trinajstić information content (AvgIpc) is 3.19. The van der Waals surface area contributed by atoms with Gasteiger partial charge >= 0.3 is 0 Å². The predicted molar refractivity (Wildman–Crippen MR) is 127 cm³/mol. The van der Waals surface area contributed by atoms with E-state index in [4.69, 9.17) is 13.9 Å². The molecule has 0 spiro atoms. The Kier molecular flexibility index (Phi) is 6.29. The van der Waals surface area contributed by atoms with Crippen LogP contribution in [-0.2, 0) is 5.41 Å². The van der Waals surface area contributed by atoms with Crippen LogP contribution in [0.1, 0.15) is 68.3 Å². The third-order valence-corrected chi connectivity index (χ3v) is 6.41. The number of benzene rings is 2. The Morgan fingerprint density at radius 2 is 1.62 bits per heavy atom. The number of carbonyl (C=O) groups is 1. The quantitative estimate of drug-likeness (QED) is 0.424. The average molecular weight is 436 g/mol. The van der Waals surface area contributed by atoms with Gasteiger partial charge in [0.1, 0.15) is 29.4 Å². The minimum atomic E-state index is -0.458. The number of likely N-dealkylation sites (N-methyl/N-ethyl adjacent to an activating group) is 1. The van der Waals surface area contributed by atoms with Crippen molar-refractivity contribution in [3.8, 4) is 11.5 Å². The Morgan fingerprint density at radius 3 is 2.34 bits per heavy atom. The number of nitrogens with zero attached hydrogens (tertiary/aromatic N) is 1. The molecular formula is C27H33NO4. The molecular weight excluding hydrogens is 402 g/mol. The normalized spacial score (nSPS) is 14.5. The molecule has 0 saturated heterocycles. The standard InChI is InChI=1S/C27H33NO4/c1-6-14-30-19-10-12-21-23(17-19)32-26-24(21)25(29)20-11-9-18(16-22(20)27(26,4)5)31-15-13-28(7-2)8-3/h9-12,16-17H,6-8,13-15H2,1-5H3. The molecule has 2 aromatic carbocycles. The van der Waals surface area contributed by atoms with Gasteiger partial charge in [-0.05, 0) is 69.3 Å². The minimum absolute atomic E-state index is 0.00462. The van der Waals surface area contributed by atoms with E-state index in [0.29, 0.717) is 35.7 Å². The predicted octanol–water partition coefficient (Wildman–Crippen LogP) is 5.81. The van der Waals surface area contributed by atoms with Crippen molar-refractivity contribution in [2.45, 2.75) is 46.5 Å². The molecule has 0 bridgehead atoms. The van der Waals surface area contributed by atoms with E-state index in [-0.39, 0.29) is 5.78 Å². The number of carbonyl (C=O) groups excluding carboxylic acids is 1. The lowest BCUT2D eigenvalue weighted by Crippen LogP contribution is -2.30. The highest BCUT2D eigenvalue weighted by Gasteiger charge is 2.41. The number of furan rings is 1. The van der Waals surface area contributed by atoms with Crippen molar-refractivity contribution in [3.63, 3.8) is 0 Å². The number of ketones is 1. The highest BCUT2D eigenvalue weighted by molar-refractivity contribution is 6.19. The Labute approximate surface area is 190 Å². The molecule has 0 aliphatic heterocycles. The van der Waals surface area contributed by atoms with Crippen LogP contribution in [0.4, 0.5) is 0 Å². The topological polar surface area (TPSA) is 51.9 Å². The molecule has 170 valence electrons. The van der Waals surface area contributed by atoms with Gasteiger partial charge in [-0.25, -0.2) is 0 Å². The first-order chi connectivity index (χ1) is 15.4. The Balaban J connectivity index is 1.67. The summed E-state index contributed by atoms with van der Waals surface area (Å²) in [6, 6.07) is 11.5. The Morgan fingerprint density at radius 1 is 0.938 bits per heavy atom. The lowest BCUT2D eigenvalue weighted by atomic mass is 9.72. The van der Waals surface area contributed by atoms with E-state index in [1.165, 1.54) is 0 Å². The summed E-state index contributed by atoms with van der Waals surface area (Å²) in [6.07, 6.45) is 0.937. The first-order valence-electron chi connectivity index (χ1n) is 11.6. The summed E-state index contributed by atoms with van der Waals surface area (Å²) in [5, 5.41) is 0.840. The van der Waals surface area contributed by atoms with Crippen LogP contribution in [0, 0.1) is 0 Å². The summed E-state index contributed by atoms with van der Waals surface area (Å²) >= 11 is 0. The van der Waals surface area contributed by atoms with Gasteiger partial charge in [-0.1, -0.05) is 20.8 Å². The number of fused-ring (bicyclic) bond motifs is 4. The van der Waals surface area contributed by atoms with E-state index in [1.807, 2.05) is 36.4 Å². The van der Waals surface area contributed by atoms with Gasteiger partial charge in [-0.2, -0.15) is 0 Å². The largest absolute Gasteiger partial charge is 0.493 e. The number of rotatable bonds is 9. The molecule has 0 fully saturated rings. The van der Waals surface area contributed by atoms with Gasteiger partial charge in [-0.15, -0.1) is 0 Å². The summed E-state index contributed by atoms with van der Waals surface area (Å²) in [5.41, 5.74) is 2.55. The smallest absolute Gasteiger partial charge is 0.197 e. The van der Waals surface area contributed by atoms with Crippen LogP contribution in [0.2, 0.25) is 0 Å². The maximum absolute atomic E-state index is 13.5. The van der Waals surface area contributed by atoms with Crippen LogP contribution >= 0.6 is 0 Å². The maximum Gasteiger partial charge on any atom is 0.197 e. The molecule has 5 heteroatoms. The van der Waals surface area contributed by atoms with Crippen molar-refractivity contribution in [1.82, 2.24) is 4.90 Å². The molecule has 1 aliphatic rings. The van der Waals surface area contributed by atoms with Gasteiger partial charge in [0.05, 0.1) is 12.2 Å². The molecule has 4 rings (SSSR count). The third kappa shape index (κ3) is 3.90. The zero-order valence-corrected chi connectivity index (χ0v) is 19.8. The van der Waals surface area contributed by atoms with E-state index in [0.717, 1.165) is 48.5 Å². The highest BCUT2D eigenvalue weighted by atomic mass is 16.5. The molecule has 3 aromatic rings. The van der Waals surface area contributed by atoms with E-state index in [9.17, 15) is 4.79 Å². The molecule has 1 heterocycles. The van der Waals surface area contributed by atoms with Crippen LogP contribution in [0.15, 0.2) is 40.8 Å². The molecule has 5 nitrogen and oxygen atoms in total. The summed E-state index contributed by atoms with van der Waals surface area (Å²) in [5.74, 6) is 2.26. The fourth-order valence-electron chi connectivity index (χ4n) is 4.47. The molecule has 0 radical (unpaired) electrons. The monoisotopic (exact) mass is 435 g/mol. The molecule has 0 unspecified atom stereocenters. The highest BCUT2D eigenvalue weighted by Crippen LogP contribution is 2.46. The van der Waals surface area contributed by atoms with E-state index < -0.39 is 5.41 Å². The van der Waals surface area contributed by atoms with Crippen LogP contribution < -0.4 is 9.47 Å². The zero-order chi connectivity index (χ0) is 22.9. The van der Waals surface area contributed by atoms with Gasteiger partial charge in [0.2, 0.25) is 0 Å². The van der Waals surface area contributed by atoms with Gasteiger partial charge in [0.25, 0.3) is 0 Å². The fourth-order valence-corrected chi connectivity index (χ4v) is 4.47. The number of ether oxygens (including phenoxy) is 2. The van der Waals surface area contributed by atoms with E-state index in [2.05, 4.69) is 39.5 Å². The molecule has 1 aromatic heterocycles. The summed E-state index contributed by atoms with van der Waals surface area (Å²) in [7, 11) is 0. The molecule has 0 atom stereocenters. The molecule has 0 amide bonds. The minimum Gasteiger partial charge on any atom is -0.493 e. The van der Waals surface area contributed by atoms with Crippen molar-refractivity contribution in [2.75, 3.05) is 32.8 Å². The van der Waals surface area contributed by atoms with E-state index in [1.54, 1.807) is 0 Å². The van der Waals surface area contributed by atoms with Gasteiger partial charge in [-0.3, -0.25) is 4.79 Å². The SMILES string of the molecule is CCCOc1ccc2c3c(oc2c1)C(C)(C)c1cc(OCCN(CC)CC)ccc1C3=O. The second kappa shape index (κ2) is 8.99. The van der Waals surface area contributed by atoms with Crippen molar-refractivity contribution < 1.29 is 18.7 Å². The van der Waals surface area contributed by atoms with Crippen molar-refractivity contribution in [1.29, 1.82) is 0 Å². The third-order valence-electron chi connectivity index (χ3n) is 6.41. The maximum atomic E-state index is 13.5. The molecule has 0 saturated carbocycles. The number of hydrogen-bond acceptors (Lipinski definition) is 5. The van der Waals surface area contributed by atoms with Crippen molar-refractivity contribution in [3.05, 3.63) is 58.8 Å². The van der Waals surface area contributed by atoms with Gasteiger partial charge < -0.3 is 18.8 Å². The first kappa shape index (κ1) is 22.4. The van der Waals surface area contributed by atoms with Crippen LogP contribution in [0.25, 0.3) is 11.0 Å². The molecule has 1 aliphatic carbocycles. The second-order valence-electron chi connectivity index (χ2n) is 8.85. The number of hydrogen-bond donors (Lipinski definition) is 0. The van der Waals surface area contributed by atoms with E-state index >= 15 is 0 Å². The second-order valence-corrected chi connectivity index (χ2v) is 8.85. The van der Waals surface area contributed by atoms with Crippen molar-refractivity contribution in [2.24, 2.45) is 0 Å². The molecule has 32 heavy (non-hydrogen) atoms. The van der Waals surface area contributed by atoms with Crippen molar-refractivity contribution >= 4 is 16.8 Å². The molecule has 0 N–H and O–H groups in total. The fraction of sp³-hybridized carbons (Fsp3) is 0.444. The summed E-state index contributed by atoms with van der Waals surface area (Å²) in [4.78, 5) is 15.8. The first-order valence-corrected chi connectivity index (χ1v) is 11.6. The van der Waals surface area contributed by atoms with Crippen LogP contribution in [-0.4, -0.2) is 43.5 Å². The van der Waals surface area contributed by atoms with Crippen LogP contribution in [0.5, 0.6) is 11.5 Å².